The summed E-state index contributed by atoms with van der Waals surface area (Å²) in [5.41, 5.74) is 1.96. The van der Waals surface area contributed by atoms with E-state index in [-0.39, 0.29) is 12.1 Å². The Morgan fingerprint density at radius 1 is 1.36 bits per heavy atom. The maximum absolute atomic E-state index is 12.4. The van der Waals surface area contributed by atoms with E-state index in [9.17, 15) is 4.79 Å². The zero-order valence-electron chi connectivity index (χ0n) is 12.7. The van der Waals surface area contributed by atoms with Crippen molar-refractivity contribution in [2.24, 2.45) is 0 Å². The lowest BCUT2D eigenvalue weighted by Gasteiger charge is -2.18. The van der Waals surface area contributed by atoms with Gasteiger partial charge in [-0.15, -0.1) is 0 Å². The molecule has 0 N–H and O–H groups in total. The number of methoxy groups -OCH3 is 1. The van der Waals surface area contributed by atoms with Crippen LogP contribution in [0.15, 0.2) is 36.4 Å². The van der Waals surface area contributed by atoms with Gasteiger partial charge in [0.2, 0.25) is 0 Å². The molecule has 0 unspecified atom stereocenters. The number of rotatable bonds is 4. The Morgan fingerprint density at radius 3 is 2.82 bits per heavy atom. The van der Waals surface area contributed by atoms with Crippen LogP contribution >= 0.6 is 0 Å². The molecule has 1 aromatic heterocycles. The van der Waals surface area contributed by atoms with E-state index in [4.69, 9.17) is 9.47 Å². The van der Waals surface area contributed by atoms with Crippen molar-refractivity contribution in [3.63, 3.8) is 0 Å². The summed E-state index contributed by atoms with van der Waals surface area (Å²) >= 11 is 0. The van der Waals surface area contributed by atoms with Gasteiger partial charge in [-0.25, -0.2) is 9.78 Å². The molecule has 0 saturated heterocycles. The van der Waals surface area contributed by atoms with Crippen LogP contribution in [0.25, 0.3) is 17.5 Å². The quantitative estimate of drug-likeness (QED) is 0.813. The van der Waals surface area contributed by atoms with Crippen molar-refractivity contribution in [2.75, 3.05) is 13.7 Å². The lowest BCUT2D eigenvalue weighted by molar-refractivity contribution is 0.0515. The number of hydrogen-bond acceptors (Lipinski definition) is 4. The third-order valence-electron chi connectivity index (χ3n) is 3.63. The monoisotopic (exact) mass is 298 g/mol. The van der Waals surface area contributed by atoms with E-state index >= 15 is 0 Å². The van der Waals surface area contributed by atoms with E-state index in [0.717, 1.165) is 17.8 Å². The van der Waals surface area contributed by atoms with Crippen molar-refractivity contribution in [2.45, 2.75) is 19.4 Å². The van der Waals surface area contributed by atoms with Crippen LogP contribution in [-0.4, -0.2) is 29.2 Å². The Bertz CT molecular complexity index is 704. The highest BCUT2D eigenvalue weighted by Crippen LogP contribution is 2.32. The van der Waals surface area contributed by atoms with Crippen molar-refractivity contribution in [1.82, 2.24) is 9.55 Å². The number of nitrogens with zero attached hydrogens (tertiary/aromatic N) is 2. The molecule has 1 aliphatic heterocycles. The lowest BCUT2D eigenvalue weighted by Crippen LogP contribution is -2.16. The van der Waals surface area contributed by atoms with Gasteiger partial charge < -0.3 is 9.47 Å². The molecule has 0 spiro atoms. The van der Waals surface area contributed by atoms with Crippen molar-refractivity contribution in [3.8, 4) is 11.3 Å². The Kier molecular flexibility index (Phi) is 4.06. The second kappa shape index (κ2) is 6.15. The fraction of sp³-hybridized carbons (Fsp3) is 0.294. The van der Waals surface area contributed by atoms with Gasteiger partial charge in [-0.2, -0.15) is 0 Å². The average Bonchev–Trinajstić information content (AvgIpc) is 2.95. The van der Waals surface area contributed by atoms with Crippen molar-refractivity contribution in [1.29, 1.82) is 0 Å². The van der Waals surface area contributed by atoms with Crippen LogP contribution in [0.4, 0.5) is 0 Å². The summed E-state index contributed by atoms with van der Waals surface area (Å²) < 4.78 is 12.5. The van der Waals surface area contributed by atoms with Crippen molar-refractivity contribution >= 4 is 12.2 Å². The summed E-state index contributed by atoms with van der Waals surface area (Å²) in [6.07, 6.45) is 4.41. The molecule has 0 radical (unpaired) electrons. The van der Waals surface area contributed by atoms with Crippen LogP contribution in [0.1, 0.15) is 35.8 Å². The summed E-state index contributed by atoms with van der Waals surface area (Å²) in [4.78, 5) is 17.1. The van der Waals surface area contributed by atoms with E-state index in [1.165, 1.54) is 0 Å². The molecule has 2 heterocycles. The van der Waals surface area contributed by atoms with Crippen molar-refractivity contribution in [3.05, 3.63) is 47.9 Å². The van der Waals surface area contributed by atoms with E-state index in [0.29, 0.717) is 18.0 Å². The molecule has 1 aromatic carbocycles. The van der Waals surface area contributed by atoms with Gasteiger partial charge in [-0.05, 0) is 6.92 Å². The van der Waals surface area contributed by atoms with Gasteiger partial charge in [0, 0.05) is 25.3 Å². The number of benzene rings is 1. The zero-order valence-corrected chi connectivity index (χ0v) is 12.7. The molecule has 0 aliphatic carbocycles. The fourth-order valence-corrected chi connectivity index (χ4v) is 2.62. The molecule has 3 rings (SSSR count). The van der Waals surface area contributed by atoms with Crippen LogP contribution < -0.4 is 0 Å². The molecule has 1 atom stereocenters. The van der Waals surface area contributed by atoms with Crippen LogP contribution in [0, 0.1) is 0 Å². The maximum Gasteiger partial charge on any atom is 0.357 e. The van der Waals surface area contributed by atoms with Crippen LogP contribution in [0.5, 0.6) is 0 Å². The summed E-state index contributed by atoms with van der Waals surface area (Å²) in [5.74, 6) is 0.355. The number of carbonyl (C=O) groups is 1. The molecule has 0 saturated carbocycles. The minimum Gasteiger partial charge on any atom is -0.461 e. The average molecular weight is 298 g/mol. The van der Waals surface area contributed by atoms with Crippen molar-refractivity contribution < 1.29 is 14.3 Å². The molecule has 22 heavy (non-hydrogen) atoms. The minimum atomic E-state index is -0.374. The van der Waals surface area contributed by atoms with E-state index < -0.39 is 0 Å². The van der Waals surface area contributed by atoms with Crippen LogP contribution in [0.3, 0.4) is 0 Å². The van der Waals surface area contributed by atoms with Crippen LogP contribution in [0.2, 0.25) is 0 Å². The Labute approximate surface area is 129 Å². The van der Waals surface area contributed by atoms with Gasteiger partial charge in [0.15, 0.2) is 5.69 Å². The third kappa shape index (κ3) is 2.44. The fourth-order valence-electron chi connectivity index (χ4n) is 2.62. The molecular weight excluding hydrogens is 280 g/mol. The molecule has 2 aromatic rings. The lowest BCUT2D eigenvalue weighted by atomic mass is 10.1. The van der Waals surface area contributed by atoms with Gasteiger partial charge in [0.25, 0.3) is 0 Å². The Morgan fingerprint density at radius 2 is 2.14 bits per heavy atom. The highest BCUT2D eigenvalue weighted by atomic mass is 16.5. The number of ether oxygens (including phenoxy) is 2. The highest BCUT2D eigenvalue weighted by molar-refractivity contribution is 5.95. The topological polar surface area (TPSA) is 53.3 Å². The molecule has 0 fully saturated rings. The number of hydrogen-bond donors (Lipinski definition) is 0. The summed E-state index contributed by atoms with van der Waals surface area (Å²) in [7, 11) is 1.65. The standard InChI is InChI=1S/C17H18N2O3/c1-3-22-17(20)15-14(12-8-5-4-6-9-12)18-16-13(21-2)10-7-11-19(15)16/h4-9,11,13H,3,10H2,1-2H3/t13-/m0/s1. The second-order valence-electron chi connectivity index (χ2n) is 4.97. The number of esters is 1. The minimum absolute atomic E-state index is 0.157. The van der Waals surface area contributed by atoms with E-state index in [1.807, 2.05) is 42.6 Å². The van der Waals surface area contributed by atoms with Gasteiger partial charge >= 0.3 is 5.97 Å². The third-order valence-corrected chi connectivity index (χ3v) is 3.63. The van der Waals surface area contributed by atoms with E-state index in [2.05, 4.69) is 4.98 Å². The maximum atomic E-state index is 12.4. The van der Waals surface area contributed by atoms with Gasteiger partial charge in [-0.3, -0.25) is 4.57 Å². The smallest absolute Gasteiger partial charge is 0.357 e. The predicted octanol–water partition coefficient (Wildman–Crippen LogP) is 3.29. The number of aromatic nitrogens is 2. The predicted molar refractivity (Wildman–Crippen MR) is 83.3 cm³/mol. The highest BCUT2D eigenvalue weighted by Gasteiger charge is 2.29. The summed E-state index contributed by atoms with van der Waals surface area (Å²) in [5, 5.41) is 0. The molecule has 0 bridgehead atoms. The Hall–Kier alpha value is -2.40. The first-order valence-electron chi connectivity index (χ1n) is 7.30. The number of fused-ring (bicyclic) bond motifs is 1. The summed E-state index contributed by atoms with van der Waals surface area (Å²) in [6.45, 7) is 2.12. The molecular formula is C17H18N2O3. The largest absolute Gasteiger partial charge is 0.461 e. The first kappa shape index (κ1) is 14.5. The molecule has 5 heteroatoms. The molecule has 5 nitrogen and oxygen atoms in total. The first-order chi connectivity index (χ1) is 10.8. The van der Waals surface area contributed by atoms with E-state index in [1.54, 1.807) is 18.6 Å². The first-order valence-corrected chi connectivity index (χ1v) is 7.30. The zero-order chi connectivity index (χ0) is 15.5. The number of imidazole rings is 1. The van der Waals surface area contributed by atoms with Gasteiger partial charge in [0.05, 0.1) is 6.61 Å². The van der Waals surface area contributed by atoms with Crippen LogP contribution in [-0.2, 0) is 9.47 Å². The molecule has 0 amide bonds. The Balaban J connectivity index is 2.19. The molecule has 1 aliphatic rings. The second-order valence-corrected chi connectivity index (χ2v) is 4.97. The SMILES string of the molecule is CCOC(=O)c1c(-c2ccccc2)nc2n1C=CC[C@@H]2OC. The van der Waals surface area contributed by atoms with Gasteiger partial charge in [0.1, 0.15) is 17.6 Å². The normalized spacial score (nSPS) is 16.4. The number of carbonyl (C=O) groups excluding carboxylic acids is 1. The summed E-state index contributed by atoms with van der Waals surface area (Å²) in [6, 6.07) is 9.64. The van der Waals surface area contributed by atoms with Gasteiger partial charge in [-0.1, -0.05) is 36.4 Å². The molecule has 114 valence electrons.